The van der Waals surface area contributed by atoms with Gasteiger partial charge >= 0.3 is 59.1 Å². The predicted molar refractivity (Wildman–Crippen MR) is 32.2 cm³/mol. The van der Waals surface area contributed by atoms with Gasteiger partial charge in [-0.25, -0.2) is 0 Å². The summed E-state index contributed by atoms with van der Waals surface area (Å²) in [5.41, 5.74) is 0. The van der Waals surface area contributed by atoms with Gasteiger partial charge in [-0.1, -0.05) is 0 Å². The second kappa shape index (κ2) is 5.58. The minimum atomic E-state index is -0.324. The standard InChI is InChI=1S/C2N8O2.2Na/c11-9-1(3-5-7-9)2-4-6-8-10(2)12;;/q-2;2*+1. The van der Waals surface area contributed by atoms with Gasteiger partial charge in [0.05, 0.1) is 0 Å². The molecule has 0 aromatic carbocycles. The van der Waals surface area contributed by atoms with Crippen LogP contribution in [0.25, 0.3) is 11.6 Å². The molecular formula is C2N8Na2O2. The van der Waals surface area contributed by atoms with Crippen LogP contribution in [0.1, 0.15) is 0 Å². The molecule has 0 fully saturated rings. The fourth-order valence-corrected chi connectivity index (χ4v) is 0.619. The van der Waals surface area contributed by atoms with Crippen LogP contribution >= 0.6 is 0 Å². The molecule has 0 aliphatic carbocycles. The van der Waals surface area contributed by atoms with Crippen molar-refractivity contribution in [3.63, 3.8) is 0 Å². The van der Waals surface area contributed by atoms with Crippen LogP contribution < -0.4 is 59.1 Å². The minimum absolute atomic E-state index is 0. The van der Waals surface area contributed by atoms with Crippen molar-refractivity contribution in [3.8, 4) is 11.6 Å². The topological polar surface area (TPSA) is 133 Å². The first-order chi connectivity index (χ1) is 5.79. The Balaban J connectivity index is 0.000000845. The van der Waals surface area contributed by atoms with Gasteiger partial charge in [0.2, 0.25) is 11.6 Å². The number of aromatic nitrogens is 8. The summed E-state index contributed by atoms with van der Waals surface area (Å²) in [6, 6.07) is 0. The summed E-state index contributed by atoms with van der Waals surface area (Å²) in [4.78, 5) is 0.111. The third-order valence-electron chi connectivity index (χ3n) is 1.08. The molecule has 0 unspecified atom stereocenters. The van der Waals surface area contributed by atoms with E-state index >= 15 is 0 Å². The zero-order chi connectivity index (χ0) is 8.55. The molecule has 2 heterocycles. The van der Waals surface area contributed by atoms with Gasteiger partial charge < -0.3 is 10.4 Å². The zero-order valence-electron chi connectivity index (χ0n) is 7.39. The molecule has 0 saturated heterocycles. The Labute approximate surface area is 121 Å². The van der Waals surface area contributed by atoms with Crippen LogP contribution in [0.3, 0.4) is 0 Å². The molecule has 0 saturated carbocycles. The Morgan fingerprint density at radius 3 is 1.36 bits per heavy atom. The van der Waals surface area contributed by atoms with Gasteiger partial charge in [-0.3, -0.25) is 9.69 Å². The van der Waals surface area contributed by atoms with E-state index in [0.717, 1.165) is 0 Å². The van der Waals surface area contributed by atoms with E-state index in [-0.39, 0.29) is 80.5 Å². The van der Waals surface area contributed by atoms with Crippen molar-refractivity contribution in [1.82, 2.24) is 40.7 Å². The number of rotatable bonds is 1. The Morgan fingerprint density at radius 2 is 1.14 bits per heavy atom. The third-order valence-corrected chi connectivity index (χ3v) is 1.08. The fourth-order valence-electron chi connectivity index (χ4n) is 0.619. The average Bonchev–Trinajstić information content (AvgIpc) is 2.59. The van der Waals surface area contributed by atoms with Crippen LogP contribution in [0.2, 0.25) is 0 Å². The molecule has 2 rings (SSSR count). The van der Waals surface area contributed by atoms with Crippen molar-refractivity contribution < 1.29 is 59.1 Å². The first-order valence-corrected chi connectivity index (χ1v) is 2.71. The Hall–Kier alpha value is -0.260. The van der Waals surface area contributed by atoms with E-state index < -0.39 is 0 Å². The van der Waals surface area contributed by atoms with Crippen LogP contribution in [-0.2, 0) is 0 Å². The minimum Gasteiger partial charge on any atom is -0.787 e. The van der Waals surface area contributed by atoms with Crippen LogP contribution in [0.15, 0.2) is 0 Å². The van der Waals surface area contributed by atoms with Gasteiger partial charge in [0, 0.05) is 0 Å². The number of hydrogen-bond acceptors (Lipinski definition) is 8. The SMILES string of the molecule is [Na+].[Na+].[O-]n1nnnc1-c1nnnn1[O-]. The Bertz CT molecular complexity index is 359. The molecule has 0 N–H and O–H groups in total. The predicted octanol–water partition coefficient (Wildman–Crippen LogP) is -7.97. The molecular weight excluding hydrogens is 214 g/mol. The molecule has 0 amide bonds. The van der Waals surface area contributed by atoms with Crippen molar-refractivity contribution in [2.45, 2.75) is 0 Å². The van der Waals surface area contributed by atoms with Crippen molar-refractivity contribution in [2.75, 3.05) is 0 Å². The van der Waals surface area contributed by atoms with E-state index in [0.29, 0.717) is 0 Å². The van der Waals surface area contributed by atoms with E-state index in [1.54, 1.807) is 0 Å². The van der Waals surface area contributed by atoms with E-state index in [1.165, 1.54) is 0 Å². The van der Waals surface area contributed by atoms with E-state index in [1.807, 2.05) is 0 Å². The molecule has 62 valence electrons. The van der Waals surface area contributed by atoms with Gasteiger partial charge in [0.15, 0.2) is 0 Å². The van der Waals surface area contributed by atoms with Gasteiger partial charge in [-0.2, -0.15) is 0 Å². The van der Waals surface area contributed by atoms with Crippen LogP contribution in [-0.4, -0.2) is 40.7 Å². The van der Waals surface area contributed by atoms with Crippen LogP contribution in [0.5, 0.6) is 0 Å². The summed E-state index contributed by atoms with van der Waals surface area (Å²) in [6.07, 6.45) is 0. The van der Waals surface area contributed by atoms with E-state index in [2.05, 4.69) is 31.1 Å². The maximum Gasteiger partial charge on any atom is 1.00 e. The zero-order valence-corrected chi connectivity index (χ0v) is 11.4. The van der Waals surface area contributed by atoms with Gasteiger partial charge in [-0.05, 0) is 20.9 Å². The fraction of sp³-hybridized carbons (Fsp3) is 0. The molecule has 2 aromatic heterocycles. The summed E-state index contributed by atoms with van der Waals surface area (Å²) in [5, 5.41) is 39.9. The van der Waals surface area contributed by atoms with Crippen LogP contribution in [0.4, 0.5) is 0 Å². The quantitative estimate of drug-likeness (QED) is 0.427. The van der Waals surface area contributed by atoms with Crippen molar-refractivity contribution in [3.05, 3.63) is 10.4 Å². The monoisotopic (exact) mass is 214 g/mol. The molecule has 2 aromatic rings. The molecule has 0 radical (unpaired) electrons. The molecule has 12 heteroatoms. The smallest absolute Gasteiger partial charge is 0.787 e. The summed E-state index contributed by atoms with van der Waals surface area (Å²) in [6.45, 7) is 0. The first-order valence-electron chi connectivity index (χ1n) is 2.71. The van der Waals surface area contributed by atoms with Crippen molar-refractivity contribution in [1.29, 1.82) is 0 Å². The second-order valence-electron chi connectivity index (χ2n) is 1.75. The largest absolute Gasteiger partial charge is 1.00 e. The van der Waals surface area contributed by atoms with Crippen LogP contribution in [0, 0.1) is 10.4 Å². The molecule has 0 spiro atoms. The molecule has 0 aliphatic heterocycles. The molecule has 0 aliphatic rings. The normalized spacial score (nSPS) is 8.86. The summed E-state index contributed by atoms with van der Waals surface area (Å²) in [7, 11) is 0. The molecule has 10 nitrogen and oxygen atoms in total. The number of nitrogens with zero attached hydrogens (tertiary/aromatic N) is 8. The number of tetrazole rings is 2. The van der Waals surface area contributed by atoms with E-state index in [9.17, 15) is 10.4 Å². The maximum absolute atomic E-state index is 10.7. The Morgan fingerprint density at radius 1 is 0.786 bits per heavy atom. The summed E-state index contributed by atoms with van der Waals surface area (Å²) in [5.74, 6) is -0.648. The Kier molecular flexibility index (Phi) is 5.48. The second-order valence-corrected chi connectivity index (χ2v) is 1.75. The maximum atomic E-state index is 10.7. The van der Waals surface area contributed by atoms with E-state index in [4.69, 9.17) is 0 Å². The summed E-state index contributed by atoms with van der Waals surface area (Å²) >= 11 is 0. The third kappa shape index (κ3) is 2.40. The molecule has 0 bridgehead atoms. The van der Waals surface area contributed by atoms with Gasteiger partial charge in [0.1, 0.15) is 0 Å². The molecule has 0 atom stereocenters. The average molecular weight is 214 g/mol. The number of hydrogen-bond donors (Lipinski definition) is 0. The summed E-state index contributed by atoms with van der Waals surface area (Å²) < 4.78 is 0. The first kappa shape index (κ1) is 13.7. The molecule has 14 heavy (non-hydrogen) atoms. The van der Waals surface area contributed by atoms with Crippen molar-refractivity contribution >= 4 is 0 Å². The van der Waals surface area contributed by atoms with Crippen molar-refractivity contribution in [2.24, 2.45) is 0 Å². The van der Waals surface area contributed by atoms with Gasteiger partial charge in [-0.15, -0.1) is 10.2 Å². The van der Waals surface area contributed by atoms with Gasteiger partial charge in [0.25, 0.3) is 0 Å².